The second-order valence-electron chi connectivity index (χ2n) is 7.61. The number of nitriles is 1. The van der Waals surface area contributed by atoms with Gasteiger partial charge in [0.15, 0.2) is 0 Å². The Hall–Kier alpha value is -3.23. The fourth-order valence-electron chi connectivity index (χ4n) is 3.54. The quantitative estimate of drug-likeness (QED) is 0.498. The van der Waals surface area contributed by atoms with E-state index in [1.54, 1.807) is 12.1 Å². The molecule has 3 aromatic rings. The van der Waals surface area contributed by atoms with Gasteiger partial charge in [-0.15, -0.1) is 0 Å². The standard InChI is InChI=1S/C23H20Cl2N4O5S/c24-17-11-18(25)13-20(12-17)34-21-4-3-16(14-26)10-22(21)35(31,32)29-7-5-28(6-8-29)23(30)27-15-19-2-1-9-33-19/h1-4,9-13H,5-8,15H2,(H,27,30). The number of hydrogen-bond acceptors (Lipinski definition) is 6. The van der Waals surface area contributed by atoms with Crippen molar-refractivity contribution in [3.05, 3.63) is 76.2 Å². The molecule has 35 heavy (non-hydrogen) atoms. The van der Waals surface area contributed by atoms with Crippen LogP contribution in [-0.2, 0) is 16.6 Å². The van der Waals surface area contributed by atoms with Crippen molar-refractivity contribution >= 4 is 39.3 Å². The van der Waals surface area contributed by atoms with E-state index in [0.717, 1.165) is 0 Å². The van der Waals surface area contributed by atoms with Gasteiger partial charge in [0.25, 0.3) is 0 Å². The van der Waals surface area contributed by atoms with Crippen molar-refractivity contribution in [2.24, 2.45) is 0 Å². The minimum absolute atomic E-state index is 0.0287. The fourth-order valence-corrected chi connectivity index (χ4v) is 5.60. The largest absolute Gasteiger partial charge is 0.467 e. The first-order valence-corrected chi connectivity index (χ1v) is 12.7. The summed E-state index contributed by atoms with van der Waals surface area (Å²) in [5, 5.41) is 12.7. The van der Waals surface area contributed by atoms with Crippen LogP contribution >= 0.6 is 23.2 Å². The SMILES string of the molecule is N#Cc1ccc(Oc2cc(Cl)cc(Cl)c2)c(S(=O)(=O)N2CCN(C(=O)NCc3ccco3)CC2)c1. The maximum absolute atomic E-state index is 13.5. The Morgan fingerprint density at radius 3 is 2.43 bits per heavy atom. The Kier molecular flexibility index (Phi) is 7.52. The molecule has 2 aromatic carbocycles. The zero-order valence-corrected chi connectivity index (χ0v) is 20.6. The van der Waals surface area contributed by atoms with Gasteiger partial charge in [-0.25, -0.2) is 13.2 Å². The average Bonchev–Trinajstić information content (AvgIpc) is 3.36. The molecule has 1 N–H and O–H groups in total. The van der Waals surface area contributed by atoms with E-state index in [2.05, 4.69) is 5.32 Å². The monoisotopic (exact) mass is 534 g/mol. The van der Waals surface area contributed by atoms with Crippen molar-refractivity contribution in [2.45, 2.75) is 11.4 Å². The minimum atomic E-state index is -4.04. The fraction of sp³-hybridized carbons (Fsp3) is 0.217. The summed E-state index contributed by atoms with van der Waals surface area (Å²) in [7, 11) is -4.04. The molecule has 0 bridgehead atoms. The van der Waals surface area contributed by atoms with Crippen LogP contribution in [0.1, 0.15) is 11.3 Å². The second kappa shape index (κ2) is 10.6. The Bertz CT molecular complexity index is 1340. The molecule has 4 rings (SSSR count). The maximum atomic E-state index is 13.5. The van der Waals surface area contributed by atoms with Crippen LogP contribution in [0, 0.1) is 11.3 Å². The molecular formula is C23H20Cl2N4O5S. The third-order valence-corrected chi connectivity index (χ3v) is 7.63. The number of piperazine rings is 1. The molecule has 1 aliphatic heterocycles. The number of sulfonamides is 1. The summed E-state index contributed by atoms with van der Waals surface area (Å²) < 4.78 is 39.3. The first-order chi connectivity index (χ1) is 16.8. The van der Waals surface area contributed by atoms with E-state index >= 15 is 0 Å². The van der Waals surface area contributed by atoms with Crippen LogP contribution in [0.5, 0.6) is 11.5 Å². The number of nitrogens with zero attached hydrogens (tertiary/aromatic N) is 3. The number of amides is 2. The Morgan fingerprint density at radius 1 is 1.09 bits per heavy atom. The zero-order chi connectivity index (χ0) is 25.0. The number of carbonyl (C=O) groups excluding carboxylic acids is 1. The van der Waals surface area contributed by atoms with E-state index in [1.807, 2.05) is 6.07 Å². The molecule has 0 unspecified atom stereocenters. The predicted molar refractivity (Wildman–Crippen MR) is 129 cm³/mol. The Balaban J connectivity index is 1.50. The second-order valence-corrected chi connectivity index (χ2v) is 10.4. The van der Waals surface area contributed by atoms with Gasteiger partial charge in [0, 0.05) is 36.2 Å². The summed E-state index contributed by atoms with van der Waals surface area (Å²) in [4.78, 5) is 13.8. The summed E-state index contributed by atoms with van der Waals surface area (Å²) >= 11 is 12.1. The van der Waals surface area contributed by atoms with Crippen LogP contribution in [0.4, 0.5) is 4.79 Å². The van der Waals surface area contributed by atoms with Gasteiger partial charge in [-0.2, -0.15) is 9.57 Å². The van der Waals surface area contributed by atoms with Gasteiger partial charge < -0.3 is 19.4 Å². The van der Waals surface area contributed by atoms with Crippen molar-refractivity contribution in [2.75, 3.05) is 26.2 Å². The van der Waals surface area contributed by atoms with E-state index in [9.17, 15) is 18.5 Å². The van der Waals surface area contributed by atoms with Gasteiger partial charge in [0.05, 0.1) is 24.4 Å². The third kappa shape index (κ3) is 5.89. The lowest BCUT2D eigenvalue weighted by molar-refractivity contribution is 0.171. The number of carbonyl (C=O) groups is 1. The lowest BCUT2D eigenvalue weighted by atomic mass is 10.2. The lowest BCUT2D eigenvalue weighted by Crippen LogP contribution is -2.53. The van der Waals surface area contributed by atoms with Crippen molar-refractivity contribution in [1.82, 2.24) is 14.5 Å². The van der Waals surface area contributed by atoms with Gasteiger partial charge in [-0.05, 0) is 48.5 Å². The Morgan fingerprint density at radius 2 is 1.80 bits per heavy atom. The molecule has 0 spiro atoms. The molecule has 0 radical (unpaired) electrons. The maximum Gasteiger partial charge on any atom is 0.317 e. The van der Waals surface area contributed by atoms with Crippen LogP contribution < -0.4 is 10.1 Å². The van der Waals surface area contributed by atoms with E-state index in [0.29, 0.717) is 15.8 Å². The zero-order valence-electron chi connectivity index (χ0n) is 18.3. The van der Waals surface area contributed by atoms with E-state index in [1.165, 1.54) is 51.9 Å². The summed E-state index contributed by atoms with van der Waals surface area (Å²) in [6, 6.07) is 13.8. The molecule has 9 nitrogen and oxygen atoms in total. The number of ether oxygens (including phenoxy) is 1. The van der Waals surface area contributed by atoms with Crippen molar-refractivity contribution in [3.63, 3.8) is 0 Å². The summed E-state index contributed by atoms with van der Waals surface area (Å²) in [5.41, 5.74) is 0.163. The molecule has 2 heterocycles. The third-order valence-electron chi connectivity index (χ3n) is 5.27. The highest BCUT2D eigenvalue weighted by molar-refractivity contribution is 7.89. The molecule has 182 valence electrons. The highest BCUT2D eigenvalue weighted by atomic mass is 35.5. The molecule has 1 saturated heterocycles. The van der Waals surface area contributed by atoms with Gasteiger partial charge in [0.2, 0.25) is 10.0 Å². The molecule has 0 atom stereocenters. The number of rotatable bonds is 6. The summed E-state index contributed by atoms with van der Waals surface area (Å²) in [6.45, 7) is 0.785. The van der Waals surface area contributed by atoms with Crippen LogP contribution in [0.15, 0.2) is 64.1 Å². The molecule has 2 amide bonds. The first kappa shape index (κ1) is 24.9. The van der Waals surface area contributed by atoms with Crippen LogP contribution in [0.25, 0.3) is 0 Å². The number of nitrogens with one attached hydrogen (secondary N) is 1. The number of halogens is 2. The van der Waals surface area contributed by atoms with Gasteiger partial charge >= 0.3 is 6.03 Å². The number of urea groups is 1. The highest BCUT2D eigenvalue weighted by Gasteiger charge is 2.32. The predicted octanol–water partition coefficient (Wildman–Crippen LogP) is 4.47. The average molecular weight is 535 g/mol. The molecule has 0 saturated carbocycles. The molecular weight excluding hydrogens is 515 g/mol. The molecule has 1 aliphatic rings. The molecule has 1 fully saturated rings. The molecule has 1 aromatic heterocycles. The lowest BCUT2D eigenvalue weighted by Gasteiger charge is -2.34. The van der Waals surface area contributed by atoms with Gasteiger partial charge in [0.1, 0.15) is 22.2 Å². The normalized spacial score (nSPS) is 14.4. The van der Waals surface area contributed by atoms with Gasteiger partial charge in [-0.3, -0.25) is 0 Å². The Labute approximate surface area is 212 Å². The minimum Gasteiger partial charge on any atom is -0.467 e. The van der Waals surface area contributed by atoms with E-state index < -0.39 is 10.0 Å². The van der Waals surface area contributed by atoms with E-state index in [-0.39, 0.29) is 60.7 Å². The summed E-state index contributed by atoms with van der Waals surface area (Å²) in [5.74, 6) is 0.896. The number of benzene rings is 2. The topological polar surface area (TPSA) is 116 Å². The van der Waals surface area contributed by atoms with Crippen molar-refractivity contribution in [1.29, 1.82) is 5.26 Å². The van der Waals surface area contributed by atoms with Crippen molar-refractivity contribution in [3.8, 4) is 17.6 Å². The van der Waals surface area contributed by atoms with E-state index in [4.69, 9.17) is 32.4 Å². The summed E-state index contributed by atoms with van der Waals surface area (Å²) in [6.07, 6.45) is 1.52. The van der Waals surface area contributed by atoms with Gasteiger partial charge in [-0.1, -0.05) is 23.2 Å². The highest BCUT2D eigenvalue weighted by Crippen LogP contribution is 2.34. The molecule has 0 aliphatic carbocycles. The van der Waals surface area contributed by atoms with Crippen molar-refractivity contribution < 1.29 is 22.4 Å². The molecule has 12 heteroatoms. The smallest absolute Gasteiger partial charge is 0.317 e. The van der Waals surface area contributed by atoms with Crippen LogP contribution in [0.2, 0.25) is 10.0 Å². The van der Waals surface area contributed by atoms with Crippen LogP contribution in [-0.4, -0.2) is 49.8 Å². The number of hydrogen-bond donors (Lipinski definition) is 1. The first-order valence-electron chi connectivity index (χ1n) is 10.5. The number of furan rings is 1. The van der Waals surface area contributed by atoms with Crippen LogP contribution in [0.3, 0.4) is 0 Å².